The van der Waals surface area contributed by atoms with Gasteiger partial charge in [-0.15, -0.1) is 11.3 Å². The number of halogens is 1. The number of aromatic nitrogens is 1. The predicted molar refractivity (Wildman–Crippen MR) is 67.9 cm³/mol. The molecule has 0 N–H and O–H groups in total. The van der Waals surface area contributed by atoms with Gasteiger partial charge in [-0.2, -0.15) is 0 Å². The molecule has 0 radical (unpaired) electrons. The summed E-state index contributed by atoms with van der Waals surface area (Å²) in [5, 5.41) is 1.23. The molecule has 0 aromatic carbocycles. The van der Waals surface area contributed by atoms with Crippen LogP contribution in [0, 0.1) is 0 Å². The third kappa shape index (κ3) is 2.91. The molecule has 0 amide bonds. The Morgan fingerprint density at radius 1 is 1.23 bits per heavy atom. The molecule has 0 aliphatic rings. The maximum atomic E-state index is 4.47. The van der Waals surface area contributed by atoms with E-state index in [0.717, 1.165) is 0 Å². The molecule has 3 heteroatoms. The first-order valence-electron chi connectivity index (χ1n) is 4.37. The highest BCUT2D eigenvalue weighted by Gasteiger charge is 2.23. The minimum absolute atomic E-state index is 0.185. The lowest BCUT2D eigenvalue weighted by atomic mass is 9.98. The highest BCUT2D eigenvalue weighted by atomic mass is 127. The van der Waals surface area contributed by atoms with E-state index < -0.39 is 0 Å². The fourth-order valence-corrected chi connectivity index (χ4v) is 2.33. The average molecular weight is 309 g/mol. The zero-order valence-corrected chi connectivity index (χ0v) is 11.8. The summed E-state index contributed by atoms with van der Waals surface area (Å²) in [4.78, 5) is 5.83. The van der Waals surface area contributed by atoms with Crippen molar-refractivity contribution in [1.29, 1.82) is 0 Å². The van der Waals surface area contributed by atoms with E-state index in [2.05, 4.69) is 62.2 Å². The van der Waals surface area contributed by atoms with Crippen LogP contribution in [0.3, 0.4) is 0 Å². The lowest BCUT2D eigenvalue weighted by molar-refractivity contribution is 0.585. The number of alkyl halides is 1. The summed E-state index contributed by atoms with van der Waals surface area (Å²) in [6, 6.07) is 0. The molecule has 0 saturated heterocycles. The summed E-state index contributed by atoms with van der Waals surface area (Å²) < 4.78 is 0.207. The Balaban J connectivity index is 3.01. The molecule has 1 rings (SSSR count). The molecule has 0 aliphatic heterocycles. The van der Waals surface area contributed by atoms with Gasteiger partial charge in [0.1, 0.15) is 0 Å². The molecule has 0 saturated carbocycles. The highest BCUT2D eigenvalue weighted by Crippen LogP contribution is 2.37. The topological polar surface area (TPSA) is 12.9 Å². The number of rotatable bonds is 1. The normalized spacial score (nSPS) is 13.4. The van der Waals surface area contributed by atoms with E-state index in [1.165, 1.54) is 9.88 Å². The van der Waals surface area contributed by atoms with Crippen molar-refractivity contribution in [2.24, 2.45) is 0 Å². The van der Waals surface area contributed by atoms with Crippen LogP contribution in [0.1, 0.15) is 44.5 Å². The smallest absolute Gasteiger partial charge is 0.0981 e. The van der Waals surface area contributed by atoms with Gasteiger partial charge in [0.05, 0.1) is 8.43 Å². The molecule has 0 spiro atoms. The molecule has 0 atom stereocenters. The SMILES string of the molecule is CC(C)(C)c1ncc(C(C)(C)I)s1. The Morgan fingerprint density at radius 2 is 1.77 bits per heavy atom. The van der Waals surface area contributed by atoms with Crippen molar-refractivity contribution in [3.05, 3.63) is 16.1 Å². The quantitative estimate of drug-likeness (QED) is 0.562. The Hall–Kier alpha value is 0.360. The van der Waals surface area contributed by atoms with Gasteiger partial charge in [0.2, 0.25) is 0 Å². The lowest BCUT2D eigenvalue weighted by Gasteiger charge is -2.15. The van der Waals surface area contributed by atoms with Gasteiger partial charge in [-0.1, -0.05) is 43.4 Å². The molecule has 0 bridgehead atoms. The second-order valence-electron chi connectivity index (χ2n) is 4.75. The van der Waals surface area contributed by atoms with Crippen LogP contribution >= 0.6 is 33.9 Å². The summed E-state index contributed by atoms with van der Waals surface area (Å²) in [7, 11) is 0. The van der Waals surface area contributed by atoms with Gasteiger partial charge < -0.3 is 0 Å². The summed E-state index contributed by atoms with van der Waals surface area (Å²) in [5.41, 5.74) is 0.185. The van der Waals surface area contributed by atoms with Crippen molar-refractivity contribution in [2.75, 3.05) is 0 Å². The fourth-order valence-electron chi connectivity index (χ4n) is 0.896. The van der Waals surface area contributed by atoms with Crippen LogP contribution in [0.5, 0.6) is 0 Å². The molecule has 0 aliphatic carbocycles. The second kappa shape index (κ2) is 3.50. The van der Waals surface area contributed by atoms with Gasteiger partial charge in [0.25, 0.3) is 0 Å². The molecule has 13 heavy (non-hydrogen) atoms. The van der Waals surface area contributed by atoms with Crippen LogP contribution in [-0.2, 0) is 8.84 Å². The van der Waals surface area contributed by atoms with Crippen LogP contribution in [-0.4, -0.2) is 4.98 Å². The molecule has 1 nitrogen and oxygen atoms in total. The molecule has 74 valence electrons. The van der Waals surface area contributed by atoms with Gasteiger partial charge in [-0.3, -0.25) is 0 Å². The molecule has 1 heterocycles. The van der Waals surface area contributed by atoms with E-state index in [-0.39, 0.29) is 8.84 Å². The van der Waals surface area contributed by atoms with E-state index in [9.17, 15) is 0 Å². The van der Waals surface area contributed by atoms with Crippen molar-refractivity contribution in [3.63, 3.8) is 0 Å². The van der Waals surface area contributed by atoms with Crippen molar-refractivity contribution < 1.29 is 0 Å². The zero-order chi connectivity index (χ0) is 10.3. The minimum atomic E-state index is 0.185. The summed E-state index contributed by atoms with van der Waals surface area (Å²) in [6.45, 7) is 11.0. The third-order valence-electron chi connectivity index (χ3n) is 1.73. The molecule has 0 unspecified atom stereocenters. The largest absolute Gasteiger partial charge is 0.249 e. The number of hydrogen-bond donors (Lipinski definition) is 0. The van der Waals surface area contributed by atoms with Crippen molar-refractivity contribution >= 4 is 33.9 Å². The minimum Gasteiger partial charge on any atom is -0.249 e. The van der Waals surface area contributed by atoms with Crippen LogP contribution in [0.15, 0.2) is 6.20 Å². The Labute approximate surface area is 98.1 Å². The summed E-state index contributed by atoms with van der Waals surface area (Å²) in [5.74, 6) is 0. The van der Waals surface area contributed by atoms with Crippen molar-refractivity contribution in [1.82, 2.24) is 4.98 Å². The third-order valence-corrected chi connectivity index (χ3v) is 4.43. The van der Waals surface area contributed by atoms with E-state index in [0.29, 0.717) is 0 Å². The standard InChI is InChI=1S/C10H16INS/c1-9(2,3)8-12-6-7(13-8)10(4,5)11/h6H,1-5H3. The summed E-state index contributed by atoms with van der Waals surface area (Å²) in [6.07, 6.45) is 2.01. The summed E-state index contributed by atoms with van der Waals surface area (Å²) >= 11 is 4.28. The van der Waals surface area contributed by atoms with E-state index in [1.54, 1.807) is 0 Å². The molecule has 1 aromatic heterocycles. The van der Waals surface area contributed by atoms with E-state index in [1.807, 2.05) is 17.5 Å². The van der Waals surface area contributed by atoms with Crippen LogP contribution < -0.4 is 0 Å². The Bertz CT molecular complexity index is 262. The van der Waals surface area contributed by atoms with Crippen LogP contribution in [0.2, 0.25) is 0 Å². The van der Waals surface area contributed by atoms with E-state index >= 15 is 0 Å². The molecular formula is C10H16INS. The first-order chi connectivity index (χ1) is 5.71. The number of nitrogens with zero attached hydrogens (tertiary/aromatic N) is 1. The lowest BCUT2D eigenvalue weighted by Crippen LogP contribution is -2.09. The molecular weight excluding hydrogens is 293 g/mol. The number of thiazole rings is 1. The van der Waals surface area contributed by atoms with E-state index in [4.69, 9.17) is 0 Å². The Morgan fingerprint density at radius 3 is 2.00 bits per heavy atom. The first-order valence-corrected chi connectivity index (χ1v) is 6.26. The average Bonchev–Trinajstić information content (AvgIpc) is 2.28. The first kappa shape index (κ1) is 11.4. The predicted octanol–water partition coefficient (Wildman–Crippen LogP) is 4.11. The zero-order valence-electron chi connectivity index (χ0n) is 8.81. The maximum absolute atomic E-state index is 4.47. The second-order valence-corrected chi connectivity index (χ2v) is 8.48. The number of hydrogen-bond acceptors (Lipinski definition) is 2. The van der Waals surface area contributed by atoms with Crippen molar-refractivity contribution in [2.45, 2.75) is 43.5 Å². The van der Waals surface area contributed by atoms with Crippen LogP contribution in [0.25, 0.3) is 0 Å². The molecule has 0 fully saturated rings. The van der Waals surface area contributed by atoms with Gasteiger partial charge in [-0.05, 0) is 13.8 Å². The highest BCUT2D eigenvalue weighted by molar-refractivity contribution is 14.1. The fraction of sp³-hybridized carbons (Fsp3) is 0.700. The van der Waals surface area contributed by atoms with Crippen LogP contribution in [0.4, 0.5) is 0 Å². The molecule has 1 aromatic rings. The van der Waals surface area contributed by atoms with Crippen molar-refractivity contribution in [3.8, 4) is 0 Å². The van der Waals surface area contributed by atoms with Gasteiger partial charge in [0, 0.05) is 16.5 Å². The van der Waals surface area contributed by atoms with Gasteiger partial charge in [-0.25, -0.2) is 4.98 Å². The maximum Gasteiger partial charge on any atom is 0.0981 e. The van der Waals surface area contributed by atoms with Gasteiger partial charge in [0.15, 0.2) is 0 Å². The Kier molecular flexibility index (Phi) is 3.08. The van der Waals surface area contributed by atoms with Gasteiger partial charge >= 0.3 is 0 Å². The monoisotopic (exact) mass is 309 g/mol.